The molecule has 0 fully saturated rings. The lowest BCUT2D eigenvalue weighted by atomic mass is 9.66. The molecular weight excluding hydrogens is 180 g/mol. The molecule has 0 radical (unpaired) electrons. The van der Waals surface area contributed by atoms with Crippen LogP contribution in [0.3, 0.4) is 0 Å². The first-order chi connectivity index (χ1) is 6.93. The van der Waals surface area contributed by atoms with Crippen molar-refractivity contribution in [2.24, 2.45) is 0 Å². The summed E-state index contributed by atoms with van der Waals surface area (Å²) in [4.78, 5) is 0. The second kappa shape index (κ2) is 3.23. The fourth-order valence-corrected chi connectivity index (χ4v) is 2.57. The van der Waals surface area contributed by atoms with Crippen LogP contribution in [0.1, 0.15) is 49.8 Å². The SMILES string of the molecule is C=C1CC(C)c2ccc(C)cc2C1(C)C. The van der Waals surface area contributed by atoms with Crippen molar-refractivity contribution in [3.8, 4) is 0 Å². The number of hydrogen-bond acceptors (Lipinski definition) is 0. The highest BCUT2D eigenvalue weighted by Gasteiger charge is 2.33. The predicted molar refractivity (Wildman–Crippen MR) is 66.4 cm³/mol. The van der Waals surface area contributed by atoms with Crippen LogP contribution in [0.5, 0.6) is 0 Å². The first-order valence-corrected chi connectivity index (χ1v) is 5.72. The fraction of sp³-hybridized carbons (Fsp3) is 0.467. The maximum absolute atomic E-state index is 4.25. The minimum atomic E-state index is 0.147. The van der Waals surface area contributed by atoms with E-state index in [0.717, 1.165) is 6.42 Å². The van der Waals surface area contributed by atoms with Crippen LogP contribution in [-0.2, 0) is 5.41 Å². The van der Waals surface area contributed by atoms with Crippen molar-refractivity contribution in [1.82, 2.24) is 0 Å². The van der Waals surface area contributed by atoms with Crippen LogP contribution in [0.25, 0.3) is 0 Å². The molecule has 0 spiro atoms. The Morgan fingerprint density at radius 3 is 2.67 bits per heavy atom. The number of fused-ring (bicyclic) bond motifs is 1. The summed E-state index contributed by atoms with van der Waals surface area (Å²) in [5.74, 6) is 0.626. The van der Waals surface area contributed by atoms with Crippen LogP contribution in [0.4, 0.5) is 0 Å². The molecule has 1 aromatic rings. The number of benzene rings is 1. The summed E-state index contributed by atoms with van der Waals surface area (Å²) in [5.41, 5.74) is 5.86. The van der Waals surface area contributed by atoms with Gasteiger partial charge in [0, 0.05) is 5.41 Å². The molecule has 0 amide bonds. The van der Waals surface area contributed by atoms with E-state index in [1.54, 1.807) is 0 Å². The topological polar surface area (TPSA) is 0 Å². The van der Waals surface area contributed by atoms with E-state index >= 15 is 0 Å². The van der Waals surface area contributed by atoms with Crippen molar-refractivity contribution >= 4 is 0 Å². The summed E-state index contributed by atoms with van der Waals surface area (Å²) in [6.45, 7) is 13.3. The van der Waals surface area contributed by atoms with Crippen molar-refractivity contribution in [2.45, 2.75) is 45.4 Å². The maximum atomic E-state index is 4.25. The van der Waals surface area contributed by atoms with Crippen molar-refractivity contribution < 1.29 is 0 Å². The van der Waals surface area contributed by atoms with Gasteiger partial charge in [0.05, 0.1) is 0 Å². The molecule has 1 unspecified atom stereocenters. The van der Waals surface area contributed by atoms with E-state index in [4.69, 9.17) is 0 Å². The molecule has 0 aliphatic heterocycles. The third kappa shape index (κ3) is 1.52. The van der Waals surface area contributed by atoms with Crippen LogP contribution < -0.4 is 0 Å². The highest BCUT2D eigenvalue weighted by atomic mass is 14.4. The normalized spacial score (nSPS) is 23.7. The summed E-state index contributed by atoms with van der Waals surface area (Å²) in [5, 5.41) is 0. The van der Waals surface area contributed by atoms with Crippen molar-refractivity contribution in [2.75, 3.05) is 0 Å². The van der Waals surface area contributed by atoms with Gasteiger partial charge in [0.1, 0.15) is 0 Å². The number of aryl methyl sites for hydroxylation is 1. The van der Waals surface area contributed by atoms with E-state index < -0.39 is 0 Å². The van der Waals surface area contributed by atoms with Crippen LogP contribution in [0, 0.1) is 6.92 Å². The van der Waals surface area contributed by atoms with Gasteiger partial charge in [-0.1, -0.05) is 56.7 Å². The van der Waals surface area contributed by atoms with Gasteiger partial charge in [-0.2, -0.15) is 0 Å². The maximum Gasteiger partial charge on any atom is 0.0105 e. The van der Waals surface area contributed by atoms with E-state index in [2.05, 4.69) is 52.5 Å². The minimum Gasteiger partial charge on any atom is -0.0990 e. The third-order valence-electron chi connectivity index (χ3n) is 3.85. The number of allylic oxidation sites excluding steroid dienone is 1. The smallest absolute Gasteiger partial charge is 0.0105 e. The Balaban J connectivity index is 2.66. The lowest BCUT2D eigenvalue weighted by molar-refractivity contribution is 0.521. The molecule has 1 aliphatic rings. The van der Waals surface area contributed by atoms with Gasteiger partial charge in [0.15, 0.2) is 0 Å². The largest absolute Gasteiger partial charge is 0.0990 e. The van der Waals surface area contributed by atoms with E-state index in [9.17, 15) is 0 Å². The van der Waals surface area contributed by atoms with E-state index in [1.165, 1.54) is 22.3 Å². The standard InChI is InChI=1S/C15H20/c1-10-6-7-13-11(2)9-12(3)15(4,5)14(13)8-10/h6-8,11H,3,9H2,1-2,4-5H3. The molecule has 1 aromatic carbocycles. The Hall–Kier alpha value is -1.04. The molecule has 0 saturated carbocycles. The van der Waals surface area contributed by atoms with Crippen LogP contribution in [0.2, 0.25) is 0 Å². The quantitative estimate of drug-likeness (QED) is 0.547. The molecule has 0 bridgehead atoms. The number of rotatable bonds is 0. The Morgan fingerprint density at radius 2 is 2.00 bits per heavy atom. The molecule has 1 atom stereocenters. The van der Waals surface area contributed by atoms with Crippen molar-refractivity contribution in [3.63, 3.8) is 0 Å². The molecule has 0 nitrogen and oxygen atoms in total. The fourth-order valence-electron chi connectivity index (χ4n) is 2.57. The average Bonchev–Trinajstić information content (AvgIpc) is 2.15. The Morgan fingerprint density at radius 1 is 1.33 bits per heavy atom. The highest BCUT2D eigenvalue weighted by molar-refractivity contribution is 5.47. The molecule has 1 aliphatic carbocycles. The summed E-state index contributed by atoms with van der Waals surface area (Å²) in [6, 6.07) is 6.85. The molecule has 80 valence electrons. The van der Waals surface area contributed by atoms with Gasteiger partial charge in [-0.25, -0.2) is 0 Å². The second-order valence-electron chi connectivity index (χ2n) is 5.42. The first-order valence-electron chi connectivity index (χ1n) is 5.72. The van der Waals surface area contributed by atoms with E-state index in [1.807, 2.05) is 0 Å². The monoisotopic (exact) mass is 200 g/mol. The van der Waals surface area contributed by atoms with Gasteiger partial charge < -0.3 is 0 Å². The van der Waals surface area contributed by atoms with Crippen molar-refractivity contribution in [3.05, 3.63) is 47.0 Å². The molecule has 0 heterocycles. The minimum absolute atomic E-state index is 0.147. The summed E-state index contributed by atoms with van der Waals surface area (Å²) in [7, 11) is 0. The van der Waals surface area contributed by atoms with Gasteiger partial charge >= 0.3 is 0 Å². The Bertz CT molecular complexity index is 410. The van der Waals surface area contributed by atoms with Crippen LogP contribution >= 0.6 is 0 Å². The first kappa shape index (κ1) is 10.5. The second-order valence-corrected chi connectivity index (χ2v) is 5.42. The molecule has 0 saturated heterocycles. The third-order valence-corrected chi connectivity index (χ3v) is 3.85. The van der Waals surface area contributed by atoms with E-state index in [-0.39, 0.29) is 5.41 Å². The summed E-state index contributed by atoms with van der Waals surface area (Å²) in [6.07, 6.45) is 1.13. The molecule has 0 heteroatoms. The van der Waals surface area contributed by atoms with Crippen LogP contribution in [0.15, 0.2) is 30.4 Å². The van der Waals surface area contributed by atoms with Crippen LogP contribution in [-0.4, -0.2) is 0 Å². The summed E-state index contributed by atoms with van der Waals surface area (Å²) >= 11 is 0. The molecule has 0 aromatic heterocycles. The molecule has 0 N–H and O–H groups in total. The lowest BCUT2D eigenvalue weighted by Gasteiger charge is -2.38. The van der Waals surface area contributed by atoms with Gasteiger partial charge in [-0.3, -0.25) is 0 Å². The molecular formula is C15H20. The zero-order chi connectivity index (χ0) is 11.2. The van der Waals surface area contributed by atoms with E-state index in [0.29, 0.717) is 5.92 Å². The Labute approximate surface area is 93.0 Å². The average molecular weight is 200 g/mol. The summed E-state index contributed by atoms with van der Waals surface area (Å²) < 4.78 is 0. The van der Waals surface area contributed by atoms with Gasteiger partial charge in [-0.15, -0.1) is 0 Å². The Kier molecular flexibility index (Phi) is 2.26. The zero-order valence-corrected chi connectivity index (χ0v) is 10.2. The van der Waals surface area contributed by atoms with Gasteiger partial charge in [0.25, 0.3) is 0 Å². The molecule has 15 heavy (non-hydrogen) atoms. The molecule has 2 rings (SSSR count). The van der Waals surface area contributed by atoms with Crippen molar-refractivity contribution in [1.29, 1.82) is 0 Å². The van der Waals surface area contributed by atoms with Gasteiger partial charge in [0.2, 0.25) is 0 Å². The zero-order valence-electron chi connectivity index (χ0n) is 10.2. The predicted octanol–water partition coefficient (Wildman–Crippen LogP) is 4.34. The number of hydrogen-bond donors (Lipinski definition) is 0. The lowest BCUT2D eigenvalue weighted by Crippen LogP contribution is -2.27. The highest BCUT2D eigenvalue weighted by Crippen LogP contribution is 2.45. The van der Waals surface area contributed by atoms with Gasteiger partial charge in [-0.05, 0) is 30.4 Å².